The predicted octanol–water partition coefficient (Wildman–Crippen LogP) is 2.64. The molecule has 19 heavy (non-hydrogen) atoms. The molecule has 2 heterocycles. The van der Waals surface area contributed by atoms with Crippen LogP contribution in [0.2, 0.25) is 0 Å². The first-order valence-corrected chi connectivity index (χ1v) is 7.06. The van der Waals surface area contributed by atoms with Gasteiger partial charge >= 0.3 is 0 Å². The number of halogens is 1. The van der Waals surface area contributed by atoms with E-state index in [-0.39, 0.29) is 5.82 Å². The summed E-state index contributed by atoms with van der Waals surface area (Å²) in [6.45, 7) is 2.25. The normalized spacial score (nSPS) is 17.2. The molecule has 1 aromatic carbocycles. The number of aromatic nitrogens is 2. The summed E-state index contributed by atoms with van der Waals surface area (Å²) in [5.41, 5.74) is 1.39. The summed E-state index contributed by atoms with van der Waals surface area (Å²) < 4.78 is 15.7. The summed E-state index contributed by atoms with van der Waals surface area (Å²) in [6, 6.07) is 5.15. The van der Waals surface area contributed by atoms with Gasteiger partial charge in [-0.1, -0.05) is 6.07 Å². The molecule has 0 unspecified atom stereocenters. The molecule has 1 aliphatic rings. The largest absolute Gasteiger partial charge is 0.331 e. The first-order chi connectivity index (χ1) is 9.25. The fraction of sp³-hybridized carbons (Fsp3) is 0.533. The Morgan fingerprint density at radius 2 is 2.16 bits per heavy atom. The van der Waals surface area contributed by atoms with Gasteiger partial charge in [0.2, 0.25) is 0 Å². The highest BCUT2D eigenvalue weighted by atomic mass is 19.1. The highest BCUT2D eigenvalue weighted by Gasteiger charge is 2.15. The zero-order valence-electron chi connectivity index (χ0n) is 11.3. The van der Waals surface area contributed by atoms with E-state index in [1.165, 1.54) is 18.9 Å². The van der Waals surface area contributed by atoms with E-state index < -0.39 is 0 Å². The number of aryl methyl sites for hydroxylation is 2. The minimum absolute atomic E-state index is 0.221. The van der Waals surface area contributed by atoms with E-state index in [1.807, 2.05) is 17.7 Å². The summed E-state index contributed by atoms with van der Waals surface area (Å²) in [5.74, 6) is 1.56. The number of nitrogens with one attached hydrogen (secondary N) is 1. The summed E-state index contributed by atoms with van der Waals surface area (Å²) in [4.78, 5) is 4.47. The van der Waals surface area contributed by atoms with Gasteiger partial charge in [0.1, 0.15) is 11.3 Å². The van der Waals surface area contributed by atoms with Crippen LogP contribution in [0.15, 0.2) is 18.2 Å². The zero-order valence-corrected chi connectivity index (χ0v) is 11.3. The van der Waals surface area contributed by atoms with Gasteiger partial charge in [-0.25, -0.2) is 9.37 Å². The Balaban J connectivity index is 1.77. The molecular weight excluding hydrogens is 241 g/mol. The minimum Gasteiger partial charge on any atom is -0.331 e. The number of piperidine rings is 1. The van der Waals surface area contributed by atoms with Crippen molar-refractivity contribution < 1.29 is 4.39 Å². The van der Waals surface area contributed by atoms with Crippen LogP contribution in [0.25, 0.3) is 11.0 Å². The van der Waals surface area contributed by atoms with E-state index >= 15 is 0 Å². The second kappa shape index (κ2) is 5.29. The molecule has 1 fully saturated rings. The Hall–Kier alpha value is -1.42. The van der Waals surface area contributed by atoms with Gasteiger partial charge in [0.15, 0.2) is 5.82 Å². The summed E-state index contributed by atoms with van der Waals surface area (Å²) in [7, 11) is 1.98. The standard InChI is InChI=1S/C15H20FN3/c1-19-13-4-2-3-12(16)15(13)18-14(19)6-5-11-7-9-17-10-8-11/h2-4,11,17H,5-10H2,1H3. The predicted molar refractivity (Wildman–Crippen MR) is 74.6 cm³/mol. The molecule has 1 N–H and O–H groups in total. The highest BCUT2D eigenvalue weighted by Crippen LogP contribution is 2.22. The van der Waals surface area contributed by atoms with Crippen LogP contribution in [-0.4, -0.2) is 22.6 Å². The number of para-hydroxylation sites is 1. The molecule has 0 amide bonds. The van der Waals surface area contributed by atoms with E-state index in [4.69, 9.17) is 0 Å². The van der Waals surface area contributed by atoms with Crippen LogP contribution in [-0.2, 0) is 13.5 Å². The third kappa shape index (κ3) is 2.50. The molecule has 0 aliphatic carbocycles. The Labute approximate surface area is 112 Å². The van der Waals surface area contributed by atoms with Gasteiger partial charge in [0.05, 0.1) is 5.52 Å². The van der Waals surface area contributed by atoms with Crippen LogP contribution in [0.3, 0.4) is 0 Å². The molecule has 1 aliphatic heterocycles. The van der Waals surface area contributed by atoms with Gasteiger partial charge in [-0.05, 0) is 50.4 Å². The molecule has 102 valence electrons. The van der Waals surface area contributed by atoms with Crippen molar-refractivity contribution in [1.82, 2.24) is 14.9 Å². The number of rotatable bonds is 3. The van der Waals surface area contributed by atoms with Crippen molar-refractivity contribution >= 4 is 11.0 Å². The average molecular weight is 261 g/mol. The lowest BCUT2D eigenvalue weighted by Gasteiger charge is -2.22. The van der Waals surface area contributed by atoms with E-state index in [9.17, 15) is 4.39 Å². The van der Waals surface area contributed by atoms with Crippen LogP contribution < -0.4 is 5.32 Å². The van der Waals surface area contributed by atoms with Gasteiger partial charge in [-0.15, -0.1) is 0 Å². The van der Waals surface area contributed by atoms with Crippen molar-refractivity contribution in [2.75, 3.05) is 13.1 Å². The maximum atomic E-state index is 13.7. The molecule has 3 nitrogen and oxygen atoms in total. The third-order valence-electron chi connectivity index (χ3n) is 4.19. The summed E-state index contributed by atoms with van der Waals surface area (Å²) in [6.07, 6.45) is 4.59. The zero-order chi connectivity index (χ0) is 13.2. The Kier molecular flexibility index (Phi) is 3.51. The average Bonchev–Trinajstić information content (AvgIpc) is 2.77. The van der Waals surface area contributed by atoms with Crippen molar-refractivity contribution in [2.24, 2.45) is 13.0 Å². The number of imidazole rings is 1. The second-order valence-electron chi connectivity index (χ2n) is 5.43. The summed E-state index contributed by atoms with van der Waals surface area (Å²) >= 11 is 0. The first-order valence-electron chi connectivity index (χ1n) is 7.06. The molecular formula is C15H20FN3. The number of hydrogen-bond donors (Lipinski definition) is 1. The fourth-order valence-corrected chi connectivity index (χ4v) is 2.96. The van der Waals surface area contributed by atoms with Crippen molar-refractivity contribution in [2.45, 2.75) is 25.7 Å². The van der Waals surface area contributed by atoms with Crippen LogP contribution in [0.5, 0.6) is 0 Å². The third-order valence-corrected chi connectivity index (χ3v) is 4.19. The molecule has 1 aromatic heterocycles. The van der Waals surface area contributed by atoms with Gasteiger partial charge in [0, 0.05) is 13.5 Å². The monoisotopic (exact) mass is 261 g/mol. The molecule has 0 radical (unpaired) electrons. The molecule has 0 saturated carbocycles. The summed E-state index contributed by atoms with van der Waals surface area (Å²) in [5, 5.41) is 3.38. The van der Waals surface area contributed by atoms with E-state index in [0.717, 1.165) is 43.2 Å². The van der Waals surface area contributed by atoms with Crippen LogP contribution in [0.1, 0.15) is 25.1 Å². The van der Waals surface area contributed by atoms with Crippen molar-refractivity contribution in [3.05, 3.63) is 29.8 Å². The molecule has 0 atom stereocenters. The van der Waals surface area contributed by atoms with Gasteiger partial charge in [0.25, 0.3) is 0 Å². The smallest absolute Gasteiger partial charge is 0.151 e. The lowest BCUT2D eigenvalue weighted by Crippen LogP contribution is -2.28. The van der Waals surface area contributed by atoms with Crippen LogP contribution >= 0.6 is 0 Å². The van der Waals surface area contributed by atoms with Crippen molar-refractivity contribution in [3.8, 4) is 0 Å². The number of hydrogen-bond acceptors (Lipinski definition) is 2. The minimum atomic E-state index is -0.221. The quantitative estimate of drug-likeness (QED) is 0.920. The van der Waals surface area contributed by atoms with Gasteiger partial charge in [-0.2, -0.15) is 0 Å². The van der Waals surface area contributed by atoms with Crippen molar-refractivity contribution in [3.63, 3.8) is 0 Å². The molecule has 4 heteroatoms. The SMILES string of the molecule is Cn1c(CCC2CCNCC2)nc2c(F)cccc21. The maximum Gasteiger partial charge on any atom is 0.151 e. The lowest BCUT2D eigenvalue weighted by molar-refractivity contribution is 0.351. The number of nitrogens with zero attached hydrogens (tertiary/aromatic N) is 2. The number of benzene rings is 1. The lowest BCUT2D eigenvalue weighted by atomic mass is 9.93. The number of fused-ring (bicyclic) bond motifs is 1. The van der Waals surface area contributed by atoms with Gasteiger partial charge in [-0.3, -0.25) is 0 Å². The molecule has 0 spiro atoms. The first kappa shape index (κ1) is 12.6. The molecule has 1 saturated heterocycles. The van der Waals surface area contributed by atoms with Gasteiger partial charge < -0.3 is 9.88 Å². The molecule has 2 aromatic rings. The maximum absolute atomic E-state index is 13.7. The Bertz CT molecular complexity index is 570. The van der Waals surface area contributed by atoms with E-state index in [1.54, 1.807) is 6.07 Å². The highest BCUT2D eigenvalue weighted by molar-refractivity contribution is 5.76. The Morgan fingerprint density at radius 3 is 2.89 bits per heavy atom. The van der Waals surface area contributed by atoms with Crippen molar-refractivity contribution in [1.29, 1.82) is 0 Å². The molecule has 3 rings (SSSR count). The molecule has 0 bridgehead atoms. The topological polar surface area (TPSA) is 29.9 Å². The van der Waals surface area contributed by atoms with E-state index in [0.29, 0.717) is 5.52 Å². The van der Waals surface area contributed by atoms with Crippen LogP contribution in [0.4, 0.5) is 4.39 Å². The fourth-order valence-electron chi connectivity index (χ4n) is 2.96. The second-order valence-corrected chi connectivity index (χ2v) is 5.43. The van der Waals surface area contributed by atoms with E-state index in [2.05, 4.69) is 10.3 Å². The van der Waals surface area contributed by atoms with Crippen LogP contribution in [0, 0.1) is 11.7 Å². The Morgan fingerprint density at radius 1 is 1.37 bits per heavy atom.